The van der Waals surface area contributed by atoms with Crippen LogP contribution in [-0.4, -0.2) is 29.1 Å². The molecule has 0 bridgehead atoms. The number of fused-ring (bicyclic) bond motifs is 1. The molecule has 1 aromatic carbocycles. The lowest BCUT2D eigenvalue weighted by atomic mass is 9.98. The third-order valence-electron chi connectivity index (χ3n) is 3.68. The fraction of sp³-hybridized carbons (Fsp3) is 0.333. The molecule has 1 atom stereocenters. The van der Waals surface area contributed by atoms with Gasteiger partial charge in [-0.3, -0.25) is 4.79 Å². The van der Waals surface area contributed by atoms with Gasteiger partial charge in [-0.2, -0.15) is 0 Å². The number of aromatic nitrogens is 1. The predicted octanol–water partition coefficient (Wildman–Crippen LogP) is 2.54. The summed E-state index contributed by atoms with van der Waals surface area (Å²) in [5.41, 5.74) is 0.956. The van der Waals surface area contributed by atoms with Crippen molar-refractivity contribution < 1.29 is 9.90 Å². The second-order valence-electron chi connectivity index (χ2n) is 4.99. The van der Waals surface area contributed by atoms with Gasteiger partial charge >= 0.3 is 5.97 Å². The summed E-state index contributed by atoms with van der Waals surface area (Å²) < 4.78 is 0. The molecule has 0 spiro atoms. The Labute approximate surface area is 111 Å². The molecule has 1 saturated heterocycles. The Bertz CT molecular complexity index is 612. The molecule has 1 fully saturated rings. The second-order valence-corrected chi connectivity index (χ2v) is 4.99. The molecule has 4 nitrogen and oxygen atoms in total. The van der Waals surface area contributed by atoms with E-state index in [1.54, 1.807) is 0 Å². The third-order valence-corrected chi connectivity index (χ3v) is 3.68. The smallest absolute Gasteiger partial charge is 0.308 e. The number of nitrogens with zero attached hydrogens (tertiary/aromatic N) is 2. The van der Waals surface area contributed by atoms with E-state index in [-0.39, 0.29) is 5.92 Å². The van der Waals surface area contributed by atoms with Gasteiger partial charge in [0.15, 0.2) is 0 Å². The van der Waals surface area contributed by atoms with Gasteiger partial charge in [-0.25, -0.2) is 4.98 Å². The summed E-state index contributed by atoms with van der Waals surface area (Å²) >= 11 is 0. The molecule has 0 radical (unpaired) electrons. The van der Waals surface area contributed by atoms with E-state index in [0.29, 0.717) is 6.54 Å². The minimum Gasteiger partial charge on any atom is -0.481 e. The molecule has 1 unspecified atom stereocenters. The van der Waals surface area contributed by atoms with Crippen LogP contribution in [-0.2, 0) is 4.79 Å². The number of rotatable bonds is 2. The van der Waals surface area contributed by atoms with Gasteiger partial charge in [0.1, 0.15) is 5.82 Å². The van der Waals surface area contributed by atoms with Crippen LogP contribution in [0.1, 0.15) is 12.8 Å². The Balaban J connectivity index is 1.89. The molecule has 2 aromatic rings. The quantitative estimate of drug-likeness (QED) is 0.897. The molecule has 19 heavy (non-hydrogen) atoms. The second kappa shape index (κ2) is 4.88. The Morgan fingerprint density at radius 1 is 1.26 bits per heavy atom. The average molecular weight is 256 g/mol. The van der Waals surface area contributed by atoms with Crippen molar-refractivity contribution in [1.82, 2.24) is 4.98 Å². The Morgan fingerprint density at radius 3 is 2.95 bits per heavy atom. The van der Waals surface area contributed by atoms with Crippen molar-refractivity contribution in [1.29, 1.82) is 0 Å². The van der Waals surface area contributed by atoms with E-state index in [2.05, 4.69) is 9.88 Å². The molecule has 0 amide bonds. The van der Waals surface area contributed by atoms with Crippen LogP contribution in [0.15, 0.2) is 36.4 Å². The highest BCUT2D eigenvalue weighted by molar-refractivity contribution is 5.80. The molecule has 1 aliphatic heterocycles. The zero-order valence-corrected chi connectivity index (χ0v) is 10.6. The summed E-state index contributed by atoms with van der Waals surface area (Å²) in [6.45, 7) is 1.44. The summed E-state index contributed by atoms with van der Waals surface area (Å²) in [6, 6.07) is 12.0. The fourth-order valence-corrected chi connectivity index (χ4v) is 2.62. The molecular weight excluding hydrogens is 240 g/mol. The number of piperidine rings is 1. The van der Waals surface area contributed by atoms with E-state index < -0.39 is 5.97 Å². The van der Waals surface area contributed by atoms with Crippen LogP contribution in [0.25, 0.3) is 10.9 Å². The van der Waals surface area contributed by atoms with Crippen LogP contribution in [0, 0.1) is 5.92 Å². The van der Waals surface area contributed by atoms with Crippen LogP contribution in [0.2, 0.25) is 0 Å². The van der Waals surface area contributed by atoms with Crippen molar-refractivity contribution in [3.63, 3.8) is 0 Å². The summed E-state index contributed by atoms with van der Waals surface area (Å²) in [5.74, 6) is -0.0999. The number of aliphatic carboxylic acids is 1. The number of pyridine rings is 1. The number of benzene rings is 1. The highest BCUT2D eigenvalue weighted by Crippen LogP contribution is 2.23. The van der Waals surface area contributed by atoms with Gasteiger partial charge in [0.2, 0.25) is 0 Å². The van der Waals surface area contributed by atoms with Crippen molar-refractivity contribution in [2.75, 3.05) is 18.0 Å². The van der Waals surface area contributed by atoms with Crippen LogP contribution in [0.5, 0.6) is 0 Å². The van der Waals surface area contributed by atoms with Crippen molar-refractivity contribution in [2.45, 2.75) is 12.8 Å². The maximum absolute atomic E-state index is 11.1. The van der Waals surface area contributed by atoms with E-state index in [4.69, 9.17) is 5.11 Å². The Kier molecular flexibility index (Phi) is 3.07. The van der Waals surface area contributed by atoms with Gasteiger partial charge in [-0.1, -0.05) is 18.2 Å². The first-order valence-electron chi connectivity index (χ1n) is 6.57. The van der Waals surface area contributed by atoms with Gasteiger partial charge in [0.05, 0.1) is 11.4 Å². The average Bonchev–Trinajstić information content (AvgIpc) is 2.47. The highest BCUT2D eigenvalue weighted by Gasteiger charge is 2.25. The van der Waals surface area contributed by atoms with E-state index in [0.717, 1.165) is 36.1 Å². The van der Waals surface area contributed by atoms with Crippen LogP contribution in [0.4, 0.5) is 5.82 Å². The van der Waals surface area contributed by atoms with E-state index >= 15 is 0 Å². The van der Waals surface area contributed by atoms with Crippen molar-refractivity contribution in [3.05, 3.63) is 36.4 Å². The number of carboxylic acids is 1. The monoisotopic (exact) mass is 256 g/mol. The summed E-state index contributed by atoms with van der Waals surface area (Å²) in [6.07, 6.45) is 1.67. The van der Waals surface area contributed by atoms with Crippen LogP contribution >= 0.6 is 0 Å². The molecule has 1 N–H and O–H groups in total. The summed E-state index contributed by atoms with van der Waals surface area (Å²) in [5, 5.41) is 10.2. The number of hydrogen-bond acceptors (Lipinski definition) is 3. The number of hydrogen-bond donors (Lipinski definition) is 1. The molecule has 1 aliphatic rings. The van der Waals surface area contributed by atoms with Gasteiger partial charge in [-0.05, 0) is 31.0 Å². The summed E-state index contributed by atoms with van der Waals surface area (Å²) in [4.78, 5) is 17.8. The van der Waals surface area contributed by atoms with E-state index in [9.17, 15) is 4.79 Å². The molecule has 2 heterocycles. The zero-order valence-electron chi connectivity index (χ0n) is 10.6. The van der Waals surface area contributed by atoms with Crippen molar-refractivity contribution in [3.8, 4) is 0 Å². The van der Waals surface area contributed by atoms with E-state index in [1.165, 1.54) is 0 Å². The molecule has 1 aromatic heterocycles. The molecule has 4 heteroatoms. The number of carboxylic acid groups (broad SMARTS) is 1. The normalized spacial score (nSPS) is 19.6. The van der Waals surface area contributed by atoms with Crippen molar-refractivity contribution in [2.24, 2.45) is 5.92 Å². The highest BCUT2D eigenvalue weighted by atomic mass is 16.4. The third kappa shape index (κ3) is 2.38. The lowest BCUT2D eigenvalue weighted by molar-refractivity contribution is -0.141. The van der Waals surface area contributed by atoms with Crippen molar-refractivity contribution >= 4 is 22.7 Å². The topological polar surface area (TPSA) is 53.4 Å². The molecular formula is C15H16N2O2. The van der Waals surface area contributed by atoms with Gasteiger partial charge < -0.3 is 10.0 Å². The predicted molar refractivity (Wildman–Crippen MR) is 74.3 cm³/mol. The van der Waals surface area contributed by atoms with E-state index in [1.807, 2.05) is 36.4 Å². The first-order chi connectivity index (χ1) is 9.24. The molecule has 3 rings (SSSR count). The maximum Gasteiger partial charge on any atom is 0.308 e. The van der Waals surface area contributed by atoms with Crippen LogP contribution in [0.3, 0.4) is 0 Å². The van der Waals surface area contributed by atoms with Gasteiger partial charge in [-0.15, -0.1) is 0 Å². The lowest BCUT2D eigenvalue weighted by Gasteiger charge is -2.31. The lowest BCUT2D eigenvalue weighted by Crippen LogP contribution is -2.39. The zero-order chi connectivity index (χ0) is 13.2. The number of para-hydroxylation sites is 1. The molecule has 0 saturated carbocycles. The fourth-order valence-electron chi connectivity index (χ4n) is 2.62. The SMILES string of the molecule is O=C(O)C1CCCN(c2ccc3ccccc3n2)C1. The summed E-state index contributed by atoms with van der Waals surface area (Å²) in [7, 11) is 0. The Hall–Kier alpha value is -2.10. The van der Waals surface area contributed by atoms with Crippen LogP contribution < -0.4 is 4.90 Å². The van der Waals surface area contributed by atoms with Gasteiger partial charge in [0.25, 0.3) is 0 Å². The minimum absolute atomic E-state index is 0.276. The van der Waals surface area contributed by atoms with Gasteiger partial charge in [0, 0.05) is 18.5 Å². The maximum atomic E-state index is 11.1. The number of carbonyl (C=O) groups is 1. The molecule has 98 valence electrons. The standard InChI is InChI=1S/C15H16N2O2/c18-15(19)12-5-3-9-17(10-12)14-8-7-11-4-1-2-6-13(11)16-14/h1-2,4,6-8,12H,3,5,9-10H2,(H,18,19). The number of anilines is 1. The molecule has 0 aliphatic carbocycles. The first kappa shape index (κ1) is 12.0. The Morgan fingerprint density at radius 2 is 2.11 bits per heavy atom. The minimum atomic E-state index is -0.703. The first-order valence-corrected chi connectivity index (χ1v) is 6.57. The largest absolute Gasteiger partial charge is 0.481 e.